The Morgan fingerprint density at radius 1 is 1.12 bits per heavy atom. The van der Waals surface area contributed by atoms with Crippen LogP contribution in [0.4, 0.5) is 0 Å². The van der Waals surface area contributed by atoms with E-state index in [2.05, 4.69) is 12.8 Å². The van der Waals surface area contributed by atoms with E-state index in [4.69, 9.17) is 20.0 Å². The Morgan fingerprint density at radius 3 is 2.42 bits per heavy atom. The summed E-state index contributed by atoms with van der Waals surface area (Å²) in [4.78, 5) is 11.2. The summed E-state index contributed by atoms with van der Waals surface area (Å²) in [6, 6.07) is 0. The third kappa shape index (κ3) is 4.61. The van der Waals surface area contributed by atoms with Crippen LogP contribution in [0.2, 0.25) is 4.22 Å². The fourth-order valence-corrected chi connectivity index (χ4v) is 5.94. The Balaban J connectivity index is 0.000000671. The molecule has 0 N–H and O–H groups in total. The van der Waals surface area contributed by atoms with Gasteiger partial charge in [-0.05, 0) is 0 Å². The van der Waals surface area contributed by atoms with E-state index in [1.165, 1.54) is 44.9 Å². The summed E-state index contributed by atoms with van der Waals surface area (Å²) < 4.78 is 5.85. The molecule has 0 amide bonds. The van der Waals surface area contributed by atoms with Crippen molar-refractivity contribution in [3.8, 4) is 12.3 Å². The second kappa shape index (κ2) is 10.9. The number of rotatable bonds is 2. The van der Waals surface area contributed by atoms with Crippen LogP contribution in [0.5, 0.6) is 0 Å². The van der Waals surface area contributed by atoms with Crippen molar-refractivity contribution in [1.29, 1.82) is 0 Å². The molecule has 4 nitrogen and oxygen atoms in total. The minimum Gasteiger partial charge on any atom is -0.857 e. The molecule has 2 unspecified atom stereocenters. The van der Waals surface area contributed by atoms with Crippen molar-refractivity contribution in [2.75, 3.05) is 14.2 Å². The van der Waals surface area contributed by atoms with Crippen LogP contribution in [-0.4, -0.2) is 20.2 Å². The van der Waals surface area contributed by atoms with Crippen molar-refractivity contribution in [3.05, 3.63) is 22.3 Å². The van der Waals surface area contributed by atoms with Gasteiger partial charge < -0.3 is 10.2 Å². The molecule has 0 aromatic heterocycles. The standard InChI is InChI=1S/C14H19.C3H2O2.2CH3O.Ti/c1-10-11-6-2-4-8-13(11)14-9-5-3-7-12(10)14;1-2-3(4)5;2*1-2;/h6,10H,2-5,7-9H2,1H3;1H,(H,4,5);2*1H3;/q;;2*-1;+3/p-1. The van der Waals surface area contributed by atoms with Crippen LogP contribution >= 0.6 is 0 Å². The van der Waals surface area contributed by atoms with E-state index >= 15 is 0 Å². The molecule has 0 bridgehead atoms. The summed E-state index contributed by atoms with van der Waals surface area (Å²) in [5, 5.41) is 16.5. The number of carbonyl (C=O) groups excluding carboxylic acids is 1. The minimum absolute atomic E-state index is 0.471. The van der Waals surface area contributed by atoms with Gasteiger partial charge in [0.2, 0.25) is 0 Å². The molecule has 0 saturated heterocycles. The van der Waals surface area contributed by atoms with E-state index in [0.29, 0.717) is 10.1 Å². The molecular weight excluding hydrogens is 340 g/mol. The molecule has 24 heavy (non-hydrogen) atoms. The average molecular weight is 366 g/mol. The Hall–Kier alpha value is -0.856. The summed E-state index contributed by atoms with van der Waals surface area (Å²) in [6.07, 6.45) is 14.0. The first-order valence-electron chi connectivity index (χ1n) is 8.42. The summed E-state index contributed by atoms with van der Waals surface area (Å²) in [7, 11) is 1.50. The molecule has 3 aliphatic rings. The molecule has 130 valence electrons. The first kappa shape index (κ1) is 21.2. The summed E-state index contributed by atoms with van der Waals surface area (Å²) in [5.41, 5.74) is 6.64. The van der Waals surface area contributed by atoms with E-state index < -0.39 is 25.5 Å². The fraction of sp³-hybridized carbons (Fsp3) is 0.632. The zero-order valence-corrected chi connectivity index (χ0v) is 16.4. The van der Waals surface area contributed by atoms with E-state index in [0.717, 1.165) is 14.2 Å². The Bertz CT molecular complexity index is 542. The van der Waals surface area contributed by atoms with Crippen molar-refractivity contribution in [1.82, 2.24) is 0 Å². The molecule has 3 rings (SSSR count). The van der Waals surface area contributed by atoms with Crippen molar-refractivity contribution in [2.24, 2.45) is 5.92 Å². The Labute approximate surface area is 154 Å². The number of hydrogen-bond acceptors (Lipinski definition) is 4. The first-order chi connectivity index (χ1) is 11.7. The first-order valence-corrected chi connectivity index (χ1v) is 9.96. The van der Waals surface area contributed by atoms with Crippen LogP contribution in [-0.2, 0) is 27.7 Å². The molecule has 0 spiro atoms. The summed E-state index contributed by atoms with van der Waals surface area (Å²) in [6.45, 7) is 2.36. The van der Waals surface area contributed by atoms with Gasteiger partial charge in [0.25, 0.3) is 0 Å². The van der Waals surface area contributed by atoms with Crippen molar-refractivity contribution in [3.63, 3.8) is 0 Å². The van der Waals surface area contributed by atoms with Crippen molar-refractivity contribution in [2.45, 2.75) is 56.1 Å². The van der Waals surface area contributed by atoms with Crippen LogP contribution in [0.1, 0.15) is 51.9 Å². The van der Waals surface area contributed by atoms with Crippen LogP contribution < -0.4 is 10.2 Å². The molecule has 0 heterocycles. The van der Waals surface area contributed by atoms with E-state index in [9.17, 15) is 4.79 Å². The van der Waals surface area contributed by atoms with E-state index in [1.54, 1.807) is 22.3 Å². The molecule has 0 aromatic carbocycles. The predicted molar refractivity (Wildman–Crippen MR) is 86.1 cm³/mol. The number of allylic oxidation sites excluding steroid dienone is 4. The molecule has 5 heteroatoms. The zero-order valence-electron chi connectivity index (χ0n) is 14.8. The molecule has 0 fully saturated rings. The van der Waals surface area contributed by atoms with E-state index in [1.807, 2.05) is 0 Å². The molecule has 0 aliphatic heterocycles. The van der Waals surface area contributed by atoms with Gasteiger partial charge in [-0.15, -0.1) is 0 Å². The van der Waals surface area contributed by atoms with Gasteiger partial charge in [0.05, 0.1) is 0 Å². The van der Waals surface area contributed by atoms with Gasteiger partial charge in [0, 0.05) is 0 Å². The number of fused-ring (bicyclic) bond motifs is 1. The van der Waals surface area contributed by atoms with Crippen molar-refractivity contribution >= 4 is 5.97 Å². The van der Waals surface area contributed by atoms with Gasteiger partial charge in [0.15, 0.2) is 0 Å². The van der Waals surface area contributed by atoms with Crippen LogP contribution in [0.25, 0.3) is 0 Å². The largest absolute Gasteiger partial charge is 0.857 e. The summed E-state index contributed by atoms with van der Waals surface area (Å²) >= 11 is -0.756. The second-order valence-electron chi connectivity index (χ2n) is 5.96. The zero-order chi connectivity index (χ0) is 18.1. The monoisotopic (exact) mass is 366 g/mol. The Morgan fingerprint density at radius 2 is 1.75 bits per heavy atom. The van der Waals surface area contributed by atoms with Crippen LogP contribution in [0.3, 0.4) is 0 Å². The third-order valence-corrected chi connectivity index (χ3v) is 6.77. The Kier molecular flexibility index (Phi) is 9.62. The molecule has 0 saturated carbocycles. The average Bonchev–Trinajstić information content (AvgIpc) is 2.96. The van der Waals surface area contributed by atoms with Gasteiger partial charge in [-0.2, -0.15) is 14.2 Å². The smallest absolute Gasteiger partial charge is 0.153 e. The molecule has 3 aliphatic carbocycles. The van der Waals surface area contributed by atoms with Crippen LogP contribution in [0.15, 0.2) is 22.3 Å². The number of carbonyl (C=O) groups is 1. The van der Waals surface area contributed by atoms with Gasteiger partial charge >= 0.3 is 130 Å². The second-order valence-corrected chi connectivity index (χ2v) is 7.74. The quantitative estimate of drug-likeness (QED) is 0.553. The maximum atomic E-state index is 11.2. The number of hydrogen-bond donors (Lipinski definition) is 0. The van der Waals surface area contributed by atoms with Gasteiger partial charge in [-0.1, -0.05) is 0 Å². The van der Waals surface area contributed by atoms with Gasteiger partial charge in [-0.25, -0.2) is 0 Å². The maximum Gasteiger partial charge on any atom is -0.153 e. The molecule has 2 atom stereocenters. The molecule has 0 radical (unpaired) electrons. The van der Waals surface area contributed by atoms with Gasteiger partial charge in [-0.3, -0.25) is 0 Å². The maximum absolute atomic E-state index is 11.2. The fourth-order valence-electron chi connectivity index (χ4n) is 4.10. The summed E-state index contributed by atoms with van der Waals surface area (Å²) in [5.74, 6) is 2.19. The normalized spacial score (nSPS) is 24.2. The number of terminal acetylenes is 1. The minimum atomic E-state index is -0.756. The van der Waals surface area contributed by atoms with Crippen LogP contribution in [0, 0.1) is 18.3 Å². The van der Waals surface area contributed by atoms with E-state index in [-0.39, 0.29) is 0 Å². The molecular formula is C19H26O4Ti. The van der Waals surface area contributed by atoms with Crippen molar-refractivity contribution < 1.29 is 37.9 Å². The SMILES string of the molecule is C#CC(=O)[O][Ti+2][CH]1CCCC2=C1C(C)C1=C2CCCC1.C[O-].C[O-]. The molecule has 0 aromatic rings. The third-order valence-electron chi connectivity index (χ3n) is 4.92. The predicted octanol–water partition coefficient (Wildman–Crippen LogP) is 1.90. The van der Waals surface area contributed by atoms with Gasteiger partial charge in [0.1, 0.15) is 0 Å². The topological polar surface area (TPSA) is 72.4 Å².